The van der Waals surface area contributed by atoms with Crippen LogP contribution in [0.15, 0.2) is 48.5 Å². The number of fused-ring (bicyclic) bond motifs is 1. The first kappa shape index (κ1) is 19.4. The quantitative estimate of drug-likeness (QED) is 0.759. The minimum absolute atomic E-state index is 0.0850. The summed E-state index contributed by atoms with van der Waals surface area (Å²) in [7, 11) is -3.43. The number of nitrogens with one attached hydrogen (secondary N) is 1. The van der Waals surface area contributed by atoms with Gasteiger partial charge in [0.25, 0.3) is 0 Å². The second-order valence-electron chi connectivity index (χ2n) is 6.79. The van der Waals surface area contributed by atoms with E-state index in [-0.39, 0.29) is 18.2 Å². The number of hydrogen-bond acceptors (Lipinski definition) is 3. The van der Waals surface area contributed by atoms with Gasteiger partial charge in [-0.1, -0.05) is 49.4 Å². The van der Waals surface area contributed by atoms with Gasteiger partial charge in [-0.2, -0.15) is 0 Å². The van der Waals surface area contributed by atoms with Crippen LogP contribution in [0.2, 0.25) is 0 Å². The normalized spacial score (nSPS) is 13.4. The average molecular weight is 387 g/mol. The third-order valence-electron chi connectivity index (χ3n) is 4.93. The summed E-state index contributed by atoms with van der Waals surface area (Å²) in [6.07, 6.45) is 2.75. The lowest BCUT2D eigenvalue weighted by Crippen LogP contribution is -2.37. The third-order valence-corrected chi connectivity index (χ3v) is 6.71. The number of nitrogens with zero attached hydrogens (tertiary/aromatic N) is 1. The van der Waals surface area contributed by atoms with Gasteiger partial charge in [-0.15, -0.1) is 0 Å². The molecule has 0 saturated heterocycles. The molecule has 1 aliphatic heterocycles. The zero-order chi connectivity index (χ0) is 19.3. The summed E-state index contributed by atoms with van der Waals surface area (Å²) < 4.78 is 26.6. The minimum Gasteiger partial charge on any atom is -0.355 e. The predicted octanol–water partition coefficient (Wildman–Crippen LogP) is 2.69. The molecule has 0 atom stereocenters. The Labute approximate surface area is 161 Å². The fourth-order valence-electron chi connectivity index (χ4n) is 3.31. The zero-order valence-electron chi connectivity index (χ0n) is 15.6. The highest BCUT2D eigenvalue weighted by atomic mass is 32.2. The molecule has 0 saturated carbocycles. The van der Waals surface area contributed by atoms with Crippen LogP contribution in [0.5, 0.6) is 0 Å². The molecule has 1 amide bonds. The molecule has 0 aliphatic carbocycles. The molecule has 0 spiro atoms. The Kier molecular flexibility index (Phi) is 6.16. The standard InChI is InChI=1S/C21H26N2O3S/c1-2-17-7-9-18(10-8-17)11-12-21(24)22-14-16-27(25,26)23-15-13-19-5-3-4-6-20(19)23/h3-10H,2,11-16H2,1H3,(H,22,24). The van der Waals surface area contributed by atoms with Gasteiger partial charge in [-0.3, -0.25) is 9.10 Å². The van der Waals surface area contributed by atoms with Crippen LogP contribution in [0, 0.1) is 0 Å². The van der Waals surface area contributed by atoms with Crippen molar-refractivity contribution in [3.63, 3.8) is 0 Å². The Morgan fingerprint density at radius 1 is 1.07 bits per heavy atom. The molecule has 1 heterocycles. The maximum absolute atomic E-state index is 12.6. The molecule has 2 aromatic carbocycles. The van der Waals surface area contributed by atoms with Gasteiger partial charge < -0.3 is 5.32 Å². The first-order valence-corrected chi connectivity index (χ1v) is 11.0. The molecular formula is C21H26N2O3S. The topological polar surface area (TPSA) is 66.5 Å². The number of aryl methyl sites for hydroxylation is 2. The molecule has 0 unspecified atom stereocenters. The number of carbonyl (C=O) groups excluding carboxylic acids is 1. The van der Waals surface area contributed by atoms with Gasteiger partial charge in [-0.25, -0.2) is 8.42 Å². The van der Waals surface area contributed by atoms with Crippen molar-refractivity contribution in [2.75, 3.05) is 23.1 Å². The molecule has 1 N–H and O–H groups in total. The molecule has 144 valence electrons. The molecule has 5 nitrogen and oxygen atoms in total. The first-order valence-electron chi connectivity index (χ1n) is 9.42. The Morgan fingerprint density at radius 2 is 1.78 bits per heavy atom. The fraction of sp³-hybridized carbons (Fsp3) is 0.381. The van der Waals surface area contributed by atoms with Gasteiger partial charge in [0.2, 0.25) is 15.9 Å². The van der Waals surface area contributed by atoms with Crippen LogP contribution < -0.4 is 9.62 Å². The summed E-state index contributed by atoms with van der Waals surface area (Å²) in [6.45, 7) is 2.72. The lowest BCUT2D eigenvalue weighted by molar-refractivity contribution is -0.120. The molecular weight excluding hydrogens is 360 g/mol. The SMILES string of the molecule is CCc1ccc(CCC(=O)NCCS(=O)(=O)N2CCc3ccccc32)cc1. The van der Waals surface area contributed by atoms with Gasteiger partial charge >= 0.3 is 0 Å². The van der Waals surface area contributed by atoms with E-state index in [0.717, 1.165) is 29.7 Å². The number of benzene rings is 2. The Hall–Kier alpha value is -2.34. The van der Waals surface area contributed by atoms with E-state index in [2.05, 4.69) is 24.4 Å². The highest BCUT2D eigenvalue weighted by Gasteiger charge is 2.28. The van der Waals surface area contributed by atoms with Crippen LogP contribution in [0.25, 0.3) is 0 Å². The largest absolute Gasteiger partial charge is 0.355 e. The van der Waals surface area contributed by atoms with Crippen molar-refractivity contribution in [2.24, 2.45) is 0 Å². The summed E-state index contributed by atoms with van der Waals surface area (Å²) in [6, 6.07) is 15.8. The highest BCUT2D eigenvalue weighted by Crippen LogP contribution is 2.29. The van der Waals surface area contributed by atoms with Crippen LogP contribution in [-0.4, -0.2) is 33.2 Å². The van der Waals surface area contributed by atoms with Crippen molar-refractivity contribution in [3.05, 3.63) is 65.2 Å². The number of para-hydroxylation sites is 1. The summed E-state index contributed by atoms with van der Waals surface area (Å²) in [5.74, 6) is -0.204. The number of sulfonamides is 1. The fourth-order valence-corrected chi connectivity index (χ4v) is 4.74. The maximum Gasteiger partial charge on any atom is 0.236 e. The van der Waals surface area contributed by atoms with Gasteiger partial charge in [-0.05, 0) is 42.0 Å². The molecule has 6 heteroatoms. The van der Waals surface area contributed by atoms with Crippen LogP contribution in [0.3, 0.4) is 0 Å². The number of anilines is 1. The summed E-state index contributed by atoms with van der Waals surface area (Å²) in [5.41, 5.74) is 4.21. The average Bonchev–Trinajstić information content (AvgIpc) is 3.12. The lowest BCUT2D eigenvalue weighted by Gasteiger charge is -2.19. The van der Waals surface area contributed by atoms with E-state index in [9.17, 15) is 13.2 Å². The van der Waals surface area contributed by atoms with Crippen LogP contribution in [0.4, 0.5) is 5.69 Å². The minimum atomic E-state index is -3.43. The smallest absolute Gasteiger partial charge is 0.236 e. The summed E-state index contributed by atoms with van der Waals surface area (Å²) in [5, 5.41) is 2.73. The second-order valence-corrected chi connectivity index (χ2v) is 8.80. The number of amides is 1. The Bertz CT molecular complexity index is 892. The Morgan fingerprint density at radius 3 is 2.52 bits per heavy atom. The van der Waals surface area contributed by atoms with E-state index in [0.29, 0.717) is 19.4 Å². The number of hydrogen-bond donors (Lipinski definition) is 1. The molecule has 1 aliphatic rings. The van der Waals surface area contributed by atoms with E-state index >= 15 is 0 Å². The van der Waals surface area contributed by atoms with Gasteiger partial charge in [0.05, 0.1) is 11.4 Å². The molecule has 3 rings (SSSR count). The van der Waals surface area contributed by atoms with Gasteiger partial charge in [0.1, 0.15) is 0 Å². The zero-order valence-corrected chi connectivity index (χ0v) is 16.5. The van der Waals surface area contributed by atoms with E-state index in [1.165, 1.54) is 9.87 Å². The number of carbonyl (C=O) groups is 1. The van der Waals surface area contributed by atoms with Gasteiger partial charge in [0.15, 0.2) is 0 Å². The van der Waals surface area contributed by atoms with E-state index in [4.69, 9.17) is 0 Å². The van der Waals surface area contributed by atoms with Crippen LogP contribution in [0.1, 0.15) is 30.0 Å². The maximum atomic E-state index is 12.6. The van der Waals surface area contributed by atoms with E-state index < -0.39 is 10.0 Å². The van der Waals surface area contributed by atoms with Gasteiger partial charge in [0, 0.05) is 19.5 Å². The molecule has 0 radical (unpaired) electrons. The molecule has 27 heavy (non-hydrogen) atoms. The van der Waals surface area contributed by atoms with E-state index in [1.807, 2.05) is 36.4 Å². The molecule has 0 fully saturated rings. The summed E-state index contributed by atoms with van der Waals surface area (Å²) in [4.78, 5) is 12.0. The summed E-state index contributed by atoms with van der Waals surface area (Å²) >= 11 is 0. The third kappa shape index (κ3) is 4.89. The van der Waals surface area contributed by atoms with Crippen molar-refractivity contribution in [1.82, 2.24) is 5.32 Å². The van der Waals surface area contributed by atoms with E-state index in [1.54, 1.807) is 0 Å². The second kappa shape index (κ2) is 8.57. The Balaban J connectivity index is 1.45. The van der Waals surface area contributed by atoms with Crippen LogP contribution in [-0.2, 0) is 34.1 Å². The molecule has 0 bridgehead atoms. The van der Waals surface area contributed by atoms with Crippen molar-refractivity contribution in [2.45, 2.75) is 32.6 Å². The van der Waals surface area contributed by atoms with Crippen LogP contribution >= 0.6 is 0 Å². The van der Waals surface area contributed by atoms with Crippen molar-refractivity contribution >= 4 is 21.6 Å². The number of rotatable bonds is 8. The lowest BCUT2D eigenvalue weighted by atomic mass is 10.1. The van der Waals surface area contributed by atoms with Crippen molar-refractivity contribution in [1.29, 1.82) is 0 Å². The predicted molar refractivity (Wildman–Crippen MR) is 108 cm³/mol. The molecule has 2 aromatic rings. The van der Waals surface area contributed by atoms with Crippen molar-refractivity contribution in [3.8, 4) is 0 Å². The monoisotopic (exact) mass is 386 g/mol. The highest BCUT2D eigenvalue weighted by molar-refractivity contribution is 7.92. The molecule has 0 aromatic heterocycles. The van der Waals surface area contributed by atoms with Crippen molar-refractivity contribution < 1.29 is 13.2 Å². The first-order chi connectivity index (χ1) is 13.0.